The van der Waals surface area contributed by atoms with Crippen molar-refractivity contribution in [3.63, 3.8) is 0 Å². The van der Waals surface area contributed by atoms with Gasteiger partial charge in [0.1, 0.15) is 0 Å². The Morgan fingerprint density at radius 3 is 2.65 bits per heavy atom. The molecule has 0 bridgehead atoms. The maximum atomic E-state index is 12.2. The summed E-state index contributed by atoms with van der Waals surface area (Å²) in [4.78, 5) is 12.2. The Balaban J connectivity index is 1.62. The topological polar surface area (TPSA) is 66.5 Å². The van der Waals surface area contributed by atoms with Gasteiger partial charge < -0.3 is 5.32 Å². The summed E-state index contributed by atoms with van der Waals surface area (Å²) in [5.41, 5.74) is 3.55. The van der Waals surface area contributed by atoms with Crippen molar-refractivity contribution in [2.75, 3.05) is 22.4 Å². The average Bonchev–Trinajstić information content (AvgIpc) is 2.61. The van der Waals surface area contributed by atoms with E-state index < -0.39 is 10.0 Å². The number of aryl methyl sites for hydroxylation is 2. The minimum atomic E-state index is -3.31. The molecule has 1 amide bonds. The number of hydrogen-bond donors (Lipinski definition) is 1. The van der Waals surface area contributed by atoms with E-state index in [1.807, 2.05) is 30.3 Å². The number of anilines is 2. The Labute approximate surface area is 155 Å². The number of sulfonamides is 1. The molecule has 1 N–H and O–H groups in total. The van der Waals surface area contributed by atoms with Gasteiger partial charge in [-0.25, -0.2) is 8.42 Å². The molecule has 0 radical (unpaired) electrons. The molecule has 2 aromatic rings. The van der Waals surface area contributed by atoms with Crippen LogP contribution < -0.4 is 9.62 Å². The van der Waals surface area contributed by atoms with E-state index >= 15 is 0 Å². The second kappa shape index (κ2) is 7.91. The normalized spacial score (nSPS) is 14.0. The van der Waals surface area contributed by atoms with Crippen LogP contribution in [0.1, 0.15) is 30.4 Å². The molecule has 0 spiro atoms. The molecule has 6 heteroatoms. The van der Waals surface area contributed by atoms with Crippen LogP contribution in [0.25, 0.3) is 0 Å². The summed E-state index contributed by atoms with van der Waals surface area (Å²) in [6, 6.07) is 15.6. The molecule has 0 aromatic heterocycles. The number of amides is 1. The van der Waals surface area contributed by atoms with Crippen LogP contribution in [-0.2, 0) is 27.7 Å². The second-order valence-corrected chi connectivity index (χ2v) is 8.58. The van der Waals surface area contributed by atoms with Crippen LogP contribution in [0.5, 0.6) is 0 Å². The monoisotopic (exact) mass is 372 g/mol. The highest BCUT2D eigenvalue weighted by atomic mass is 32.2. The lowest BCUT2D eigenvalue weighted by Gasteiger charge is -2.29. The van der Waals surface area contributed by atoms with Crippen LogP contribution in [0, 0.1) is 0 Å². The highest BCUT2D eigenvalue weighted by Gasteiger charge is 2.24. The fraction of sp³-hybridized carbons (Fsp3) is 0.350. The van der Waals surface area contributed by atoms with Crippen LogP contribution in [0.15, 0.2) is 48.5 Å². The van der Waals surface area contributed by atoms with Crippen molar-refractivity contribution in [1.29, 1.82) is 0 Å². The minimum Gasteiger partial charge on any atom is -0.326 e. The summed E-state index contributed by atoms with van der Waals surface area (Å²) in [7, 11) is -3.31. The Hall–Kier alpha value is -2.34. The minimum absolute atomic E-state index is 0.0532. The Morgan fingerprint density at radius 1 is 1.15 bits per heavy atom. The molecule has 5 nitrogen and oxygen atoms in total. The predicted octanol–water partition coefficient (Wildman–Crippen LogP) is 3.36. The third-order valence-corrected chi connectivity index (χ3v) is 5.74. The molecule has 0 saturated heterocycles. The van der Waals surface area contributed by atoms with E-state index in [9.17, 15) is 13.2 Å². The van der Waals surface area contributed by atoms with Gasteiger partial charge in [-0.05, 0) is 48.9 Å². The fourth-order valence-electron chi connectivity index (χ4n) is 3.28. The van der Waals surface area contributed by atoms with E-state index in [2.05, 4.69) is 17.4 Å². The van der Waals surface area contributed by atoms with Gasteiger partial charge in [0.2, 0.25) is 15.9 Å². The van der Waals surface area contributed by atoms with Gasteiger partial charge in [0.25, 0.3) is 0 Å². The summed E-state index contributed by atoms with van der Waals surface area (Å²) in [5.74, 6) is -0.0532. The average molecular weight is 372 g/mol. The predicted molar refractivity (Wildman–Crippen MR) is 105 cm³/mol. The second-order valence-electron chi connectivity index (χ2n) is 6.67. The lowest BCUT2D eigenvalue weighted by molar-refractivity contribution is -0.116. The molecule has 1 aliphatic heterocycles. The van der Waals surface area contributed by atoms with E-state index in [0.717, 1.165) is 31.2 Å². The van der Waals surface area contributed by atoms with Gasteiger partial charge in [-0.15, -0.1) is 0 Å². The number of carbonyl (C=O) groups excluding carboxylic acids is 1. The van der Waals surface area contributed by atoms with Crippen molar-refractivity contribution >= 4 is 27.3 Å². The first-order valence-electron chi connectivity index (χ1n) is 8.88. The summed E-state index contributed by atoms with van der Waals surface area (Å²) in [6.45, 7) is 0.486. The standard InChI is InChI=1S/C20H24N2O3S/c1-26(24,25)22-14-6-10-17-12-13-18(15-19(17)22)21-20(23)11-5-9-16-7-3-2-4-8-16/h2-4,7-8,12-13,15H,5-6,9-11,14H2,1H3,(H,21,23). The van der Waals surface area contributed by atoms with Crippen LogP contribution in [-0.4, -0.2) is 27.1 Å². The molecule has 0 unspecified atom stereocenters. The maximum absolute atomic E-state index is 12.2. The van der Waals surface area contributed by atoms with Gasteiger partial charge in [0.15, 0.2) is 0 Å². The van der Waals surface area contributed by atoms with Crippen molar-refractivity contribution in [3.05, 3.63) is 59.7 Å². The first-order valence-corrected chi connectivity index (χ1v) is 10.7. The zero-order valence-electron chi connectivity index (χ0n) is 14.9. The number of fused-ring (bicyclic) bond motifs is 1. The third-order valence-electron chi connectivity index (χ3n) is 4.56. The van der Waals surface area contributed by atoms with E-state index in [-0.39, 0.29) is 5.91 Å². The summed E-state index contributed by atoms with van der Waals surface area (Å²) in [5, 5.41) is 2.89. The van der Waals surface area contributed by atoms with Gasteiger partial charge >= 0.3 is 0 Å². The Morgan fingerprint density at radius 2 is 1.92 bits per heavy atom. The molecule has 2 aromatic carbocycles. The number of nitrogens with zero attached hydrogens (tertiary/aromatic N) is 1. The van der Waals surface area contributed by atoms with E-state index in [4.69, 9.17) is 0 Å². The highest BCUT2D eigenvalue weighted by molar-refractivity contribution is 7.92. The fourth-order valence-corrected chi connectivity index (χ4v) is 4.27. The van der Waals surface area contributed by atoms with Gasteiger partial charge in [0.05, 0.1) is 11.9 Å². The molecular formula is C20H24N2O3S. The highest BCUT2D eigenvalue weighted by Crippen LogP contribution is 2.31. The van der Waals surface area contributed by atoms with Crippen molar-refractivity contribution in [2.45, 2.75) is 32.1 Å². The number of nitrogens with one attached hydrogen (secondary N) is 1. The molecule has 26 heavy (non-hydrogen) atoms. The largest absolute Gasteiger partial charge is 0.326 e. The van der Waals surface area contributed by atoms with Crippen LogP contribution in [0.4, 0.5) is 11.4 Å². The van der Waals surface area contributed by atoms with E-state index in [0.29, 0.717) is 24.3 Å². The molecule has 1 heterocycles. The summed E-state index contributed by atoms with van der Waals surface area (Å²) in [6.07, 6.45) is 4.95. The first kappa shape index (κ1) is 18.5. The molecule has 0 atom stereocenters. The molecule has 3 rings (SSSR count). The van der Waals surface area contributed by atoms with Gasteiger partial charge in [-0.3, -0.25) is 9.10 Å². The first-order chi connectivity index (χ1) is 12.4. The number of carbonyl (C=O) groups is 1. The number of rotatable bonds is 6. The van der Waals surface area contributed by atoms with Gasteiger partial charge in [-0.2, -0.15) is 0 Å². The van der Waals surface area contributed by atoms with Crippen molar-refractivity contribution in [3.8, 4) is 0 Å². The van der Waals surface area contributed by atoms with Gasteiger partial charge in [0, 0.05) is 18.7 Å². The summed E-state index contributed by atoms with van der Waals surface area (Å²) < 4.78 is 25.4. The summed E-state index contributed by atoms with van der Waals surface area (Å²) >= 11 is 0. The number of benzene rings is 2. The molecule has 0 aliphatic carbocycles. The molecule has 0 fully saturated rings. The molecule has 1 aliphatic rings. The smallest absolute Gasteiger partial charge is 0.232 e. The van der Waals surface area contributed by atoms with Crippen molar-refractivity contribution in [1.82, 2.24) is 0 Å². The quantitative estimate of drug-likeness (QED) is 0.845. The molecule has 0 saturated carbocycles. The molecule has 138 valence electrons. The lowest BCUT2D eigenvalue weighted by atomic mass is 10.0. The third kappa shape index (κ3) is 4.64. The Kier molecular flexibility index (Phi) is 5.61. The molecular weight excluding hydrogens is 348 g/mol. The zero-order chi connectivity index (χ0) is 18.6. The van der Waals surface area contributed by atoms with Crippen molar-refractivity contribution in [2.24, 2.45) is 0 Å². The Bertz CT molecular complexity index is 879. The van der Waals surface area contributed by atoms with E-state index in [1.165, 1.54) is 16.1 Å². The maximum Gasteiger partial charge on any atom is 0.232 e. The van der Waals surface area contributed by atoms with Crippen LogP contribution >= 0.6 is 0 Å². The zero-order valence-corrected chi connectivity index (χ0v) is 15.8. The van der Waals surface area contributed by atoms with Crippen molar-refractivity contribution < 1.29 is 13.2 Å². The van der Waals surface area contributed by atoms with Crippen LogP contribution in [0.3, 0.4) is 0 Å². The van der Waals surface area contributed by atoms with Crippen LogP contribution in [0.2, 0.25) is 0 Å². The lowest BCUT2D eigenvalue weighted by Crippen LogP contribution is -2.34. The van der Waals surface area contributed by atoms with Gasteiger partial charge in [-0.1, -0.05) is 36.4 Å². The SMILES string of the molecule is CS(=O)(=O)N1CCCc2ccc(NC(=O)CCCc3ccccc3)cc21. The number of hydrogen-bond acceptors (Lipinski definition) is 3. The van der Waals surface area contributed by atoms with E-state index in [1.54, 1.807) is 6.07 Å².